The SMILES string of the molecule is Cl.O=C(C1CSc2ccccc21)N1CCC(c2nnc3n2CCNC3)CC1. The number of carbonyl (C=O) groups is 1. The maximum atomic E-state index is 13.1. The molecule has 0 bridgehead atoms. The summed E-state index contributed by atoms with van der Waals surface area (Å²) >= 11 is 1.81. The molecule has 144 valence electrons. The Hall–Kier alpha value is -1.57. The van der Waals surface area contributed by atoms with Gasteiger partial charge in [0.2, 0.25) is 5.91 Å². The van der Waals surface area contributed by atoms with Gasteiger partial charge in [0, 0.05) is 42.7 Å². The van der Waals surface area contributed by atoms with Crippen LogP contribution in [0.15, 0.2) is 29.2 Å². The summed E-state index contributed by atoms with van der Waals surface area (Å²) in [7, 11) is 0. The van der Waals surface area contributed by atoms with Crippen LogP contribution in [-0.4, -0.2) is 51.0 Å². The van der Waals surface area contributed by atoms with Gasteiger partial charge in [-0.25, -0.2) is 0 Å². The van der Waals surface area contributed by atoms with Crippen molar-refractivity contribution >= 4 is 30.1 Å². The third-order valence-electron chi connectivity index (χ3n) is 5.82. The van der Waals surface area contributed by atoms with Gasteiger partial charge in [0.1, 0.15) is 11.6 Å². The van der Waals surface area contributed by atoms with Crippen molar-refractivity contribution < 1.29 is 4.79 Å². The Morgan fingerprint density at radius 1 is 1.15 bits per heavy atom. The molecule has 0 aliphatic carbocycles. The predicted molar refractivity (Wildman–Crippen MR) is 107 cm³/mol. The molecule has 1 fully saturated rings. The van der Waals surface area contributed by atoms with E-state index in [-0.39, 0.29) is 18.3 Å². The summed E-state index contributed by atoms with van der Waals surface area (Å²) in [6, 6.07) is 8.34. The van der Waals surface area contributed by atoms with E-state index in [0.717, 1.165) is 63.0 Å². The number of fused-ring (bicyclic) bond motifs is 2. The first-order valence-electron chi connectivity index (χ1n) is 9.44. The Labute approximate surface area is 169 Å². The van der Waals surface area contributed by atoms with E-state index in [1.165, 1.54) is 10.5 Å². The van der Waals surface area contributed by atoms with Crippen LogP contribution in [0.3, 0.4) is 0 Å². The van der Waals surface area contributed by atoms with Crippen molar-refractivity contribution in [2.45, 2.75) is 42.7 Å². The van der Waals surface area contributed by atoms with E-state index in [9.17, 15) is 4.79 Å². The summed E-state index contributed by atoms with van der Waals surface area (Å²) in [5, 5.41) is 12.1. The number of carbonyl (C=O) groups excluding carboxylic acids is 1. The Bertz CT molecular complexity index is 833. The van der Waals surface area contributed by atoms with Crippen LogP contribution >= 0.6 is 24.2 Å². The minimum absolute atomic E-state index is 0. The first kappa shape index (κ1) is 18.8. The second-order valence-electron chi connectivity index (χ2n) is 7.30. The highest BCUT2D eigenvalue weighted by atomic mass is 35.5. The van der Waals surface area contributed by atoms with Gasteiger partial charge >= 0.3 is 0 Å². The molecule has 2 aromatic rings. The zero-order valence-electron chi connectivity index (χ0n) is 15.1. The van der Waals surface area contributed by atoms with E-state index in [1.807, 2.05) is 17.8 Å². The lowest BCUT2D eigenvalue weighted by Crippen LogP contribution is -2.41. The number of likely N-dealkylation sites (tertiary alicyclic amines) is 1. The Morgan fingerprint density at radius 2 is 1.96 bits per heavy atom. The molecule has 0 radical (unpaired) electrons. The number of rotatable bonds is 2. The predicted octanol–water partition coefficient (Wildman–Crippen LogP) is 2.40. The van der Waals surface area contributed by atoms with Gasteiger partial charge in [0.25, 0.3) is 0 Å². The van der Waals surface area contributed by atoms with E-state index in [2.05, 4.69) is 43.2 Å². The lowest BCUT2D eigenvalue weighted by molar-refractivity contribution is -0.133. The van der Waals surface area contributed by atoms with Crippen molar-refractivity contribution in [2.24, 2.45) is 0 Å². The molecule has 3 aliphatic heterocycles. The summed E-state index contributed by atoms with van der Waals surface area (Å²) < 4.78 is 2.28. The van der Waals surface area contributed by atoms with Crippen molar-refractivity contribution in [3.8, 4) is 0 Å². The molecule has 5 rings (SSSR count). The van der Waals surface area contributed by atoms with Crippen LogP contribution in [0, 0.1) is 0 Å². The first-order valence-corrected chi connectivity index (χ1v) is 10.4. The van der Waals surface area contributed by atoms with Crippen molar-refractivity contribution in [3.05, 3.63) is 41.5 Å². The fourth-order valence-electron chi connectivity index (χ4n) is 4.36. The van der Waals surface area contributed by atoms with Gasteiger partial charge in [-0.2, -0.15) is 0 Å². The van der Waals surface area contributed by atoms with Crippen molar-refractivity contribution in [3.63, 3.8) is 0 Å². The van der Waals surface area contributed by atoms with Gasteiger partial charge in [-0.3, -0.25) is 4.79 Å². The Morgan fingerprint density at radius 3 is 2.81 bits per heavy atom. The Balaban J connectivity index is 0.00000180. The lowest BCUT2D eigenvalue weighted by Gasteiger charge is -2.33. The van der Waals surface area contributed by atoms with Crippen LogP contribution in [0.2, 0.25) is 0 Å². The van der Waals surface area contributed by atoms with E-state index in [0.29, 0.717) is 11.8 Å². The molecule has 0 saturated carbocycles. The van der Waals surface area contributed by atoms with Crippen LogP contribution in [0.5, 0.6) is 0 Å². The zero-order chi connectivity index (χ0) is 17.5. The minimum atomic E-state index is 0. The highest BCUT2D eigenvalue weighted by Gasteiger charge is 2.35. The van der Waals surface area contributed by atoms with Crippen LogP contribution in [-0.2, 0) is 17.9 Å². The molecule has 3 aliphatic rings. The van der Waals surface area contributed by atoms with Crippen LogP contribution in [0.4, 0.5) is 0 Å². The number of nitrogens with zero attached hydrogens (tertiary/aromatic N) is 4. The molecule has 1 saturated heterocycles. The average molecular weight is 406 g/mol. The third-order valence-corrected chi connectivity index (χ3v) is 7.00. The van der Waals surface area contributed by atoms with Crippen molar-refractivity contribution in [2.75, 3.05) is 25.4 Å². The molecule has 0 spiro atoms. The van der Waals surface area contributed by atoms with Gasteiger partial charge in [-0.05, 0) is 24.5 Å². The normalized spacial score (nSPS) is 22.1. The molecule has 4 heterocycles. The monoisotopic (exact) mass is 405 g/mol. The summed E-state index contributed by atoms with van der Waals surface area (Å²) in [6.45, 7) is 4.39. The first-order chi connectivity index (χ1) is 12.8. The molecule has 1 unspecified atom stereocenters. The van der Waals surface area contributed by atoms with E-state index in [4.69, 9.17) is 0 Å². The number of thioether (sulfide) groups is 1. The fraction of sp³-hybridized carbons (Fsp3) is 0.526. The summed E-state index contributed by atoms with van der Waals surface area (Å²) in [5.41, 5.74) is 1.21. The maximum Gasteiger partial charge on any atom is 0.231 e. The summed E-state index contributed by atoms with van der Waals surface area (Å²) in [6.07, 6.45) is 1.97. The molecule has 1 aromatic heterocycles. The van der Waals surface area contributed by atoms with E-state index in [1.54, 1.807) is 0 Å². The molecule has 1 atom stereocenters. The summed E-state index contributed by atoms with van der Waals surface area (Å²) in [4.78, 5) is 16.4. The quantitative estimate of drug-likeness (QED) is 0.831. The number of aromatic nitrogens is 3. The number of hydrogen-bond acceptors (Lipinski definition) is 5. The van der Waals surface area contributed by atoms with Gasteiger partial charge in [-0.15, -0.1) is 34.4 Å². The van der Waals surface area contributed by atoms with E-state index < -0.39 is 0 Å². The molecule has 1 N–H and O–H groups in total. The molecule has 1 aromatic carbocycles. The summed E-state index contributed by atoms with van der Waals surface area (Å²) in [5.74, 6) is 3.79. The van der Waals surface area contributed by atoms with E-state index >= 15 is 0 Å². The van der Waals surface area contributed by atoms with Gasteiger partial charge in [0.15, 0.2) is 0 Å². The molecule has 1 amide bonds. The number of halogens is 1. The standard InChI is InChI=1S/C19H23N5OS.ClH/c25-19(15-12-26-16-4-2-1-3-14(15)16)23-8-5-13(6-9-23)18-22-21-17-11-20-7-10-24(17)18;/h1-4,13,15,20H,5-12H2;1H. The number of hydrogen-bond donors (Lipinski definition) is 1. The molecule has 8 heteroatoms. The number of piperidine rings is 1. The number of benzene rings is 1. The number of nitrogens with one attached hydrogen (secondary N) is 1. The minimum Gasteiger partial charge on any atom is -0.342 e. The van der Waals surface area contributed by atoms with Gasteiger partial charge < -0.3 is 14.8 Å². The second-order valence-corrected chi connectivity index (χ2v) is 8.37. The number of amides is 1. The third kappa shape index (κ3) is 3.37. The second kappa shape index (κ2) is 7.81. The smallest absolute Gasteiger partial charge is 0.231 e. The Kier molecular flexibility index (Phi) is 5.43. The molecule has 27 heavy (non-hydrogen) atoms. The largest absolute Gasteiger partial charge is 0.342 e. The fourth-order valence-corrected chi connectivity index (χ4v) is 5.58. The van der Waals surface area contributed by atoms with Crippen molar-refractivity contribution in [1.82, 2.24) is 25.0 Å². The van der Waals surface area contributed by atoms with Crippen LogP contribution in [0.25, 0.3) is 0 Å². The lowest BCUT2D eigenvalue weighted by atomic mass is 9.93. The highest BCUT2D eigenvalue weighted by Crippen LogP contribution is 2.41. The highest BCUT2D eigenvalue weighted by molar-refractivity contribution is 7.99. The van der Waals surface area contributed by atoms with Crippen molar-refractivity contribution in [1.29, 1.82) is 0 Å². The molecular weight excluding hydrogens is 382 g/mol. The molecule has 6 nitrogen and oxygen atoms in total. The van der Waals surface area contributed by atoms with Crippen LogP contribution < -0.4 is 5.32 Å². The maximum absolute atomic E-state index is 13.1. The topological polar surface area (TPSA) is 63.1 Å². The average Bonchev–Trinajstić information content (AvgIpc) is 3.32. The van der Waals surface area contributed by atoms with Crippen LogP contribution in [0.1, 0.15) is 41.9 Å². The van der Waals surface area contributed by atoms with Gasteiger partial charge in [0.05, 0.1) is 12.5 Å². The molecular formula is C19H24ClN5OS. The van der Waals surface area contributed by atoms with Gasteiger partial charge in [-0.1, -0.05) is 18.2 Å². The zero-order valence-corrected chi connectivity index (χ0v) is 16.8.